The lowest BCUT2D eigenvalue weighted by Gasteiger charge is -2.11. The van der Waals surface area contributed by atoms with Gasteiger partial charge < -0.3 is 8.98 Å². The van der Waals surface area contributed by atoms with Crippen molar-refractivity contribution in [1.82, 2.24) is 4.57 Å². The Morgan fingerprint density at radius 1 is 0.400 bits per heavy atom. The molecule has 186 valence electrons. The van der Waals surface area contributed by atoms with Crippen molar-refractivity contribution in [3.63, 3.8) is 0 Å². The van der Waals surface area contributed by atoms with Gasteiger partial charge in [0.25, 0.3) is 0 Å². The fourth-order valence-electron chi connectivity index (χ4n) is 6.48. The van der Waals surface area contributed by atoms with Crippen molar-refractivity contribution >= 4 is 65.3 Å². The van der Waals surface area contributed by atoms with Crippen LogP contribution in [0.15, 0.2) is 144 Å². The first-order chi connectivity index (χ1) is 19.8. The maximum atomic E-state index is 6.21. The molecule has 0 aliphatic rings. The standard InChI is InChI=1S/C38H23NO/c1-2-10-27-22-35-33(21-26(27)9-1)38-30-13-4-3-8-24(30)17-19-34(38)39(35)29-12-7-11-25(20-29)28-16-18-32-31-14-5-6-15-36(31)40-37(32)23-28/h1-23H. The van der Waals surface area contributed by atoms with Gasteiger partial charge in [-0.15, -0.1) is 0 Å². The monoisotopic (exact) mass is 509 g/mol. The van der Waals surface area contributed by atoms with Gasteiger partial charge in [-0.25, -0.2) is 0 Å². The molecule has 0 spiro atoms. The number of rotatable bonds is 2. The Kier molecular flexibility index (Phi) is 4.36. The number of hydrogen-bond acceptors (Lipinski definition) is 1. The molecule has 2 heteroatoms. The summed E-state index contributed by atoms with van der Waals surface area (Å²) < 4.78 is 8.63. The van der Waals surface area contributed by atoms with Crippen LogP contribution in [0, 0.1) is 0 Å². The minimum absolute atomic E-state index is 0.916. The zero-order valence-corrected chi connectivity index (χ0v) is 21.6. The van der Waals surface area contributed by atoms with Crippen LogP contribution in [0.25, 0.3) is 82.1 Å². The highest BCUT2D eigenvalue weighted by atomic mass is 16.3. The molecule has 2 heterocycles. The van der Waals surface area contributed by atoms with E-state index in [1.54, 1.807) is 0 Å². The zero-order valence-electron chi connectivity index (χ0n) is 21.6. The van der Waals surface area contributed by atoms with Crippen LogP contribution in [0.1, 0.15) is 0 Å². The summed E-state index contributed by atoms with van der Waals surface area (Å²) in [5.74, 6) is 0. The molecule has 0 fully saturated rings. The van der Waals surface area contributed by atoms with Crippen LogP contribution in [0.2, 0.25) is 0 Å². The highest BCUT2D eigenvalue weighted by Gasteiger charge is 2.16. The summed E-state index contributed by atoms with van der Waals surface area (Å²) in [5, 5.41) is 9.93. The average Bonchev–Trinajstić information content (AvgIpc) is 3.55. The highest BCUT2D eigenvalue weighted by molar-refractivity contribution is 6.23. The third-order valence-electron chi connectivity index (χ3n) is 8.34. The lowest BCUT2D eigenvalue weighted by molar-refractivity contribution is 0.669. The third-order valence-corrected chi connectivity index (χ3v) is 8.34. The van der Waals surface area contributed by atoms with Crippen LogP contribution in [0.5, 0.6) is 0 Å². The van der Waals surface area contributed by atoms with Crippen LogP contribution in [0.3, 0.4) is 0 Å². The van der Waals surface area contributed by atoms with E-state index in [1.165, 1.54) is 43.4 Å². The van der Waals surface area contributed by atoms with Crippen molar-refractivity contribution in [1.29, 1.82) is 0 Å². The van der Waals surface area contributed by atoms with E-state index >= 15 is 0 Å². The predicted molar refractivity (Wildman–Crippen MR) is 169 cm³/mol. The first-order valence-electron chi connectivity index (χ1n) is 13.7. The van der Waals surface area contributed by atoms with E-state index in [4.69, 9.17) is 4.42 Å². The van der Waals surface area contributed by atoms with Gasteiger partial charge in [-0.05, 0) is 81.2 Å². The van der Waals surface area contributed by atoms with E-state index in [-0.39, 0.29) is 0 Å². The summed E-state index contributed by atoms with van der Waals surface area (Å²) in [6.45, 7) is 0. The maximum absolute atomic E-state index is 6.21. The molecule has 9 rings (SSSR count). The smallest absolute Gasteiger partial charge is 0.136 e. The number of benzene rings is 7. The SMILES string of the molecule is c1cc(-c2ccc3c(c2)oc2ccccc23)cc(-n2c3cc4ccccc4cc3c3c4ccccc4ccc32)c1. The molecule has 2 aromatic heterocycles. The fourth-order valence-corrected chi connectivity index (χ4v) is 6.48. The summed E-state index contributed by atoms with van der Waals surface area (Å²) in [6, 6.07) is 50.2. The average molecular weight is 510 g/mol. The predicted octanol–water partition coefficient (Wildman–Crippen LogP) is 10.7. The lowest BCUT2D eigenvalue weighted by atomic mass is 10.0. The molecule has 0 radical (unpaired) electrons. The second-order valence-electron chi connectivity index (χ2n) is 10.6. The molecule has 0 N–H and O–H groups in total. The number of furan rings is 1. The van der Waals surface area contributed by atoms with Crippen LogP contribution in [-0.4, -0.2) is 4.57 Å². The Balaban J connectivity index is 1.32. The Labute approximate surface area is 230 Å². The topological polar surface area (TPSA) is 18.1 Å². The summed E-state index contributed by atoms with van der Waals surface area (Å²) in [6.07, 6.45) is 0. The fraction of sp³-hybridized carbons (Fsp3) is 0. The first-order valence-corrected chi connectivity index (χ1v) is 13.7. The van der Waals surface area contributed by atoms with Gasteiger partial charge in [-0.1, -0.05) is 91.0 Å². The van der Waals surface area contributed by atoms with Crippen molar-refractivity contribution < 1.29 is 4.42 Å². The van der Waals surface area contributed by atoms with Gasteiger partial charge >= 0.3 is 0 Å². The quantitative estimate of drug-likeness (QED) is 0.227. The summed E-state index contributed by atoms with van der Waals surface area (Å²) in [4.78, 5) is 0. The van der Waals surface area contributed by atoms with Gasteiger partial charge in [0, 0.05) is 27.2 Å². The van der Waals surface area contributed by atoms with Gasteiger partial charge in [0.2, 0.25) is 0 Å². The van der Waals surface area contributed by atoms with Crippen molar-refractivity contribution in [2.24, 2.45) is 0 Å². The van der Waals surface area contributed by atoms with Crippen LogP contribution >= 0.6 is 0 Å². The number of aromatic nitrogens is 1. The molecule has 0 aliphatic carbocycles. The highest BCUT2D eigenvalue weighted by Crippen LogP contribution is 2.39. The number of fused-ring (bicyclic) bond motifs is 9. The molecule has 7 aromatic carbocycles. The number of para-hydroxylation sites is 1. The molecular formula is C38H23NO. The van der Waals surface area contributed by atoms with Crippen molar-refractivity contribution in [2.75, 3.05) is 0 Å². The van der Waals surface area contributed by atoms with Gasteiger partial charge in [0.15, 0.2) is 0 Å². The molecular weight excluding hydrogens is 486 g/mol. The molecule has 40 heavy (non-hydrogen) atoms. The molecule has 0 bridgehead atoms. The van der Waals surface area contributed by atoms with Crippen molar-refractivity contribution in [2.45, 2.75) is 0 Å². The third kappa shape index (κ3) is 3.05. The molecule has 9 aromatic rings. The number of nitrogens with zero attached hydrogens (tertiary/aromatic N) is 1. The van der Waals surface area contributed by atoms with E-state index < -0.39 is 0 Å². The summed E-state index contributed by atoms with van der Waals surface area (Å²) in [7, 11) is 0. The lowest BCUT2D eigenvalue weighted by Crippen LogP contribution is -1.94. The molecule has 0 saturated heterocycles. The molecule has 0 aliphatic heterocycles. The Morgan fingerprint density at radius 3 is 2.02 bits per heavy atom. The van der Waals surface area contributed by atoms with E-state index in [2.05, 4.69) is 132 Å². The van der Waals surface area contributed by atoms with Crippen molar-refractivity contribution in [3.8, 4) is 16.8 Å². The van der Waals surface area contributed by atoms with Gasteiger partial charge in [-0.3, -0.25) is 0 Å². The van der Waals surface area contributed by atoms with Crippen LogP contribution in [0.4, 0.5) is 0 Å². The Morgan fingerprint density at radius 2 is 1.12 bits per heavy atom. The molecule has 0 amide bonds. The number of hydrogen-bond donors (Lipinski definition) is 0. The Bertz CT molecular complexity index is 2440. The minimum atomic E-state index is 0.916. The molecule has 0 saturated carbocycles. The van der Waals surface area contributed by atoms with Gasteiger partial charge in [0.1, 0.15) is 11.2 Å². The van der Waals surface area contributed by atoms with Crippen LogP contribution < -0.4 is 0 Å². The van der Waals surface area contributed by atoms with Gasteiger partial charge in [-0.2, -0.15) is 0 Å². The zero-order chi connectivity index (χ0) is 26.2. The Hall–Kier alpha value is -5.34. The van der Waals surface area contributed by atoms with Gasteiger partial charge in [0.05, 0.1) is 11.0 Å². The molecule has 0 atom stereocenters. The largest absolute Gasteiger partial charge is 0.456 e. The maximum Gasteiger partial charge on any atom is 0.136 e. The van der Waals surface area contributed by atoms with E-state index in [0.717, 1.165) is 38.8 Å². The van der Waals surface area contributed by atoms with E-state index in [9.17, 15) is 0 Å². The second-order valence-corrected chi connectivity index (χ2v) is 10.6. The molecule has 0 unspecified atom stereocenters. The summed E-state index contributed by atoms with van der Waals surface area (Å²) >= 11 is 0. The normalized spacial score (nSPS) is 12.0. The molecule has 2 nitrogen and oxygen atoms in total. The first kappa shape index (κ1) is 21.6. The van der Waals surface area contributed by atoms with E-state index in [0.29, 0.717) is 0 Å². The minimum Gasteiger partial charge on any atom is -0.456 e. The summed E-state index contributed by atoms with van der Waals surface area (Å²) in [5.41, 5.74) is 7.73. The van der Waals surface area contributed by atoms with Crippen molar-refractivity contribution in [3.05, 3.63) is 140 Å². The van der Waals surface area contributed by atoms with E-state index in [1.807, 2.05) is 12.1 Å². The van der Waals surface area contributed by atoms with Crippen LogP contribution in [-0.2, 0) is 0 Å². The second kappa shape index (κ2) is 8.08.